The third-order valence-corrected chi connectivity index (χ3v) is 3.20. The molecule has 3 nitrogen and oxygen atoms in total. The zero-order chi connectivity index (χ0) is 13.0. The lowest BCUT2D eigenvalue weighted by Crippen LogP contribution is -2.03. The topological polar surface area (TPSA) is 38.7 Å². The van der Waals surface area contributed by atoms with E-state index in [4.69, 9.17) is 4.84 Å². The van der Waals surface area contributed by atoms with E-state index in [0.717, 1.165) is 4.88 Å². The summed E-state index contributed by atoms with van der Waals surface area (Å²) in [5, 5.41) is 5.66. The predicted molar refractivity (Wildman–Crippen MR) is 68.3 cm³/mol. The monoisotopic (exact) mass is 263 g/mol. The fourth-order valence-corrected chi connectivity index (χ4v) is 1.95. The Morgan fingerprint density at radius 3 is 2.61 bits per heavy atom. The van der Waals surface area contributed by atoms with Gasteiger partial charge in [0.2, 0.25) is 0 Å². The highest BCUT2D eigenvalue weighted by Crippen LogP contribution is 2.11. The molecule has 0 amide bonds. The van der Waals surface area contributed by atoms with E-state index in [1.165, 1.54) is 35.6 Å². The van der Waals surface area contributed by atoms with Crippen LogP contribution in [0, 0.1) is 5.82 Å². The van der Waals surface area contributed by atoms with Gasteiger partial charge in [0.05, 0.1) is 16.2 Å². The maximum Gasteiger partial charge on any atom is 0.365 e. The van der Waals surface area contributed by atoms with E-state index in [1.54, 1.807) is 6.92 Å². The number of rotatable bonds is 3. The quantitative estimate of drug-likeness (QED) is 0.483. The Bertz CT molecular complexity index is 561. The standard InChI is InChI=1S/C13H10FNO2S/c1-9(12-3-2-8-18-12)15-17-13(16)10-4-6-11(14)7-5-10/h2-8H,1H3/b15-9+. The summed E-state index contributed by atoms with van der Waals surface area (Å²) in [5.74, 6) is -1.00. The molecule has 0 aliphatic rings. The lowest BCUT2D eigenvalue weighted by atomic mass is 10.2. The average molecular weight is 263 g/mol. The number of thiophene rings is 1. The third-order valence-electron chi connectivity index (χ3n) is 2.22. The Morgan fingerprint density at radius 2 is 2.00 bits per heavy atom. The lowest BCUT2D eigenvalue weighted by molar-refractivity contribution is 0.0516. The number of oxime groups is 1. The smallest absolute Gasteiger partial charge is 0.313 e. The van der Waals surface area contributed by atoms with Crippen LogP contribution >= 0.6 is 11.3 Å². The van der Waals surface area contributed by atoms with E-state index < -0.39 is 11.8 Å². The molecule has 0 saturated carbocycles. The van der Waals surface area contributed by atoms with Crippen LogP contribution in [0.1, 0.15) is 22.2 Å². The van der Waals surface area contributed by atoms with Gasteiger partial charge in [0, 0.05) is 0 Å². The minimum Gasteiger partial charge on any atom is -0.313 e. The van der Waals surface area contributed by atoms with Crippen LogP contribution in [0.5, 0.6) is 0 Å². The van der Waals surface area contributed by atoms with Gasteiger partial charge in [-0.15, -0.1) is 11.3 Å². The van der Waals surface area contributed by atoms with Crippen LogP contribution in [0.4, 0.5) is 4.39 Å². The first-order chi connectivity index (χ1) is 8.66. The Morgan fingerprint density at radius 1 is 1.28 bits per heavy atom. The van der Waals surface area contributed by atoms with Crippen molar-refractivity contribution >= 4 is 23.0 Å². The molecule has 2 aromatic rings. The lowest BCUT2D eigenvalue weighted by Gasteiger charge is -1.99. The van der Waals surface area contributed by atoms with Gasteiger partial charge in [-0.3, -0.25) is 0 Å². The van der Waals surface area contributed by atoms with Gasteiger partial charge >= 0.3 is 5.97 Å². The van der Waals surface area contributed by atoms with Crippen LogP contribution < -0.4 is 0 Å². The van der Waals surface area contributed by atoms with Crippen LogP contribution in [0.2, 0.25) is 0 Å². The Balaban J connectivity index is 2.04. The molecular weight excluding hydrogens is 253 g/mol. The highest BCUT2D eigenvalue weighted by molar-refractivity contribution is 7.12. The minimum atomic E-state index is -0.606. The molecule has 1 aromatic heterocycles. The molecule has 0 saturated heterocycles. The summed E-state index contributed by atoms with van der Waals surface area (Å²) < 4.78 is 12.7. The van der Waals surface area contributed by atoms with Gasteiger partial charge in [-0.25, -0.2) is 9.18 Å². The molecule has 0 radical (unpaired) electrons. The van der Waals surface area contributed by atoms with Crippen molar-refractivity contribution in [2.75, 3.05) is 0 Å². The van der Waals surface area contributed by atoms with Crippen molar-refractivity contribution in [2.45, 2.75) is 6.92 Å². The van der Waals surface area contributed by atoms with Crippen molar-refractivity contribution in [2.24, 2.45) is 5.16 Å². The summed E-state index contributed by atoms with van der Waals surface area (Å²) >= 11 is 1.51. The molecule has 0 fully saturated rings. The Labute approximate surface area is 108 Å². The van der Waals surface area contributed by atoms with Crippen LogP contribution in [-0.2, 0) is 4.84 Å². The molecule has 0 atom stereocenters. The highest BCUT2D eigenvalue weighted by Gasteiger charge is 2.07. The molecule has 0 aliphatic carbocycles. The largest absolute Gasteiger partial charge is 0.365 e. The van der Waals surface area contributed by atoms with Gasteiger partial charge in [0.15, 0.2) is 0 Å². The summed E-state index contributed by atoms with van der Waals surface area (Å²) in [6, 6.07) is 8.89. The molecule has 0 aliphatic heterocycles. The number of halogens is 1. The van der Waals surface area contributed by atoms with Crippen molar-refractivity contribution in [1.29, 1.82) is 0 Å². The van der Waals surface area contributed by atoms with Gasteiger partial charge in [-0.2, -0.15) is 0 Å². The number of nitrogens with zero attached hydrogens (tertiary/aromatic N) is 1. The Kier molecular flexibility index (Phi) is 3.84. The van der Waals surface area contributed by atoms with Crippen LogP contribution in [-0.4, -0.2) is 11.7 Å². The molecule has 1 aromatic carbocycles. The molecule has 18 heavy (non-hydrogen) atoms. The van der Waals surface area contributed by atoms with E-state index in [9.17, 15) is 9.18 Å². The first-order valence-electron chi connectivity index (χ1n) is 5.22. The van der Waals surface area contributed by atoms with Crippen LogP contribution in [0.15, 0.2) is 46.9 Å². The van der Waals surface area contributed by atoms with Gasteiger partial charge in [-0.05, 0) is 42.6 Å². The zero-order valence-corrected chi connectivity index (χ0v) is 10.4. The summed E-state index contributed by atoms with van der Waals surface area (Å²) in [6.07, 6.45) is 0. The minimum absolute atomic E-state index is 0.263. The fraction of sp³-hybridized carbons (Fsp3) is 0.0769. The maximum atomic E-state index is 12.7. The van der Waals surface area contributed by atoms with E-state index >= 15 is 0 Å². The fourth-order valence-electron chi connectivity index (χ4n) is 1.28. The Hall–Kier alpha value is -2.01. The van der Waals surface area contributed by atoms with Gasteiger partial charge in [0.25, 0.3) is 0 Å². The number of carbonyl (C=O) groups is 1. The number of benzene rings is 1. The first kappa shape index (κ1) is 12.4. The van der Waals surface area contributed by atoms with E-state index in [-0.39, 0.29) is 5.56 Å². The van der Waals surface area contributed by atoms with E-state index in [1.807, 2.05) is 17.5 Å². The van der Waals surface area contributed by atoms with E-state index in [0.29, 0.717) is 5.71 Å². The van der Waals surface area contributed by atoms with Crippen LogP contribution in [0.3, 0.4) is 0 Å². The average Bonchev–Trinajstić information content (AvgIpc) is 2.90. The number of hydrogen-bond acceptors (Lipinski definition) is 4. The SMILES string of the molecule is C/C(=N\OC(=O)c1ccc(F)cc1)c1cccs1. The summed E-state index contributed by atoms with van der Waals surface area (Å²) in [6.45, 7) is 1.75. The molecule has 0 N–H and O–H groups in total. The normalized spacial score (nSPS) is 11.3. The third kappa shape index (κ3) is 3.01. The molecule has 2 rings (SSSR count). The molecule has 1 heterocycles. The number of hydrogen-bond donors (Lipinski definition) is 0. The predicted octanol–water partition coefficient (Wildman–Crippen LogP) is 3.47. The van der Waals surface area contributed by atoms with Crippen molar-refractivity contribution < 1.29 is 14.0 Å². The highest BCUT2D eigenvalue weighted by atomic mass is 32.1. The molecular formula is C13H10FNO2S. The molecule has 0 spiro atoms. The second-order valence-corrected chi connectivity index (χ2v) is 4.49. The van der Waals surface area contributed by atoms with Crippen LogP contribution in [0.25, 0.3) is 0 Å². The van der Waals surface area contributed by atoms with Crippen molar-refractivity contribution in [3.63, 3.8) is 0 Å². The zero-order valence-electron chi connectivity index (χ0n) is 9.59. The molecule has 92 valence electrons. The molecule has 0 bridgehead atoms. The summed E-state index contributed by atoms with van der Waals surface area (Å²) in [5.41, 5.74) is 0.889. The van der Waals surface area contributed by atoms with E-state index in [2.05, 4.69) is 5.16 Å². The molecule has 0 unspecified atom stereocenters. The second kappa shape index (κ2) is 5.55. The van der Waals surface area contributed by atoms with Gasteiger partial charge in [0.1, 0.15) is 5.82 Å². The maximum absolute atomic E-state index is 12.7. The second-order valence-electron chi connectivity index (χ2n) is 3.54. The first-order valence-corrected chi connectivity index (χ1v) is 6.10. The van der Waals surface area contributed by atoms with Gasteiger partial charge < -0.3 is 4.84 Å². The van der Waals surface area contributed by atoms with Crippen molar-refractivity contribution in [1.82, 2.24) is 0 Å². The van der Waals surface area contributed by atoms with Crippen molar-refractivity contribution in [3.8, 4) is 0 Å². The number of carbonyl (C=O) groups excluding carboxylic acids is 1. The summed E-state index contributed by atoms with van der Waals surface area (Å²) in [7, 11) is 0. The molecule has 5 heteroatoms. The van der Waals surface area contributed by atoms with Gasteiger partial charge in [-0.1, -0.05) is 11.2 Å². The summed E-state index contributed by atoms with van der Waals surface area (Å²) in [4.78, 5) is 17.3. The van der Waals surface area contributed by atoms with Crippen molar-refractivity contribution in [3.05, 3.63) is 58.0 Å².